The van der Waals surface area contributed by atoms with Crippen LogP contribution in [0.5, 0.6) is 5.88 Å². The lowest BCUT2D eigenvalue weighted by atomic mass is 9.93. The third-order valence-corrected chi connectivity index (χ3v) is 10.4. The molecule has 7 rings (SSSR count). The molecule has 13 nitrogen and oxygen atoms in total. The zero-order valence-corrected chi connectivity index (χ0v) is 29.0. The quantitative estimate of drug-likeness (QED) is 0.235. The number of rotatable bonds is 9. The zero-order chi connectivity index (χ0) is 36.0. The summed E-state index contributed by atoms with van der Waals surface area (Å²) in [5, 5.41) is 22.4. The lowest BCUT2D eigenvalue weighted by Crippen LogP contribution is -2.49. The monoisotopic (exact) mass is 729 g/mol. The second-order valence-corrected chi connectivity index (χ2v) is 13.6. The van der Waals surface area contributed by atoms with Gasteiger partial charge in [0.25, 0.3) is 5.56 Å². The maximum Gasteiger partial charge on any atom is 0.416 e. The number of carbonyl (C=O) groups excluding carboxylic acids is 1. The number of benzene rings is 1. The molecule has 1 amide bonds. The molecule has 1 aromatic carbocycles. The van der Waals surface area contributed by atoms with E-state index in [2.05, 4.69) is 15.5 Å². The van der Waals surface area contributed by atoms with Gasteiger partial charge in [-0.1, -0.05) is 24.6 Å². The van der Waals surface area contributed by atoms with Crippen LogP contribution in [0.4, 0.5) is 30.2 Å². The number of allylic oxidation sites excluding steroid dienone is 1. The van der Waals surface area contributed by atoms with Gasteiger partial charge in [0.1, 0.15) is 17.9 Å². The molecule has 0 radical (unpaired) electrons. The van der Waals surface area contributed by atoms with Gasteiger partial charge in [-0.3, -0.25) is 9.59 Å². The van der Waals surface area contributed by atoms with Crippen molar-refractivity contribution in [3.05, 3.63) is 62.9 Å². The summed E-state index contributed by atoms with van der Waals surface area (Å²) < 4.78 is 49.7. The molecular formula is C34H39ClF3N9O4. The van der Waals surface area contributed by atoms with Gasteiger partial charge in [-0.25, -0.2) is 4.68 Å². The van der Waals surface area contributed by atoms with E-state index >= 15 is 0 Å². The van der Waals surface area contributed by atoms with E-state index < -0.39 is 17.6 Å². The van der Waals surface area contributed by atoms with Gasteiger partial charge in [0.15, 0.2) is 5.82 Å². The molecule has 4 aromatic rings. The summed E-state index contributed by atoms with van der Waals surface area (Å²) in [6.45, 7) is 3.47. The molecule has 51 heavy (non-hydrogen) atoms. The molecule has 2 fully saturated rings. The molecule has 1 aliphatic heterocycles. The summed E-state index contributed by atoms with van der Waals surface area (Å²) >= 11 is 6.15. The second-order valence-electron chi connectivity index (χ2n) is 13.1. The number of nitrogens with zero attached hydrogens (tertiary/aromatic N) is 8. The van der Waals surface area contributed by atoms with Crippen molar-refractivity contribution in [1.29, 1.82) is 0 Å². The molecule has 3 aromatic heterocycles. The van der Waals surface area contributed by atoms with Crippen molar-refractivity contribution in [3.63, 3.8) is 0 Å². The predicted octanol–water partition coefficient (Wildman–Crippen LogP) is 5.30. The van der Waals surface area contributed by atoms with Gasteiger partial charge in [0.2, 0.25) is 17.6 Å². The van der Waals surface area contributed by atoms with E-state index in [9.17, 15) is 27.9 Å². The number of hydrogen-bond acceptors (Lipinski definition) is 9. The van der Waals surface area contributed by atoms with Crippen LogP contribution < -0.4 is 20.7 Å². The Balaban J connectivity index is 1.22. The Morgan fingerprint density at radius 1 is 1.14 bits per heavy atom. The lowest BCUT2D eigenvalue weighted by molar-refractivity contribution is -0.137. The van der Waals surface area contributed by atoms with Crippen molar-refractivity contribution in [1.82, 2.24) is 28.9 Å². The number of fused-ring (bicyclic) bond motifs is 1. The Kier molecular flexibility index (Phi) is 9.48. The number of halogens is 4. The highest BCUT2D eigenvalue weighted by Crippen LogP contribution is 2.38. The van der Waals surface area contributed by atoms with Gasteiger partial charge in [0.05, 0.1) is 40.3 Å². The minimum Gasteiger partial charge on any atom is -0.492 e. The molecule has 2 aliphatic carbocycles. The maximum atomic E-state index is 14.3. The fourth-order valence-electron chi connectivity index (χ4n) is 7.06. The summed E-state index contributed by atoms with van der Waals surface area (Å²) in [5.74, 6) is 0.126. The van der Waals surface area contributed by atoms with Crippen LogP contribution >= 0.6 is 11.6 Å². The number of piperazine rings is 1. The molecule has 1 saturated heterocycles. The van der Waals surface area contributed by atoms with E-state index in [-0.39, 0.29) is 46.6 Å². The first-order chi connectivity index (χ1) is 24.5. The van der Waals surface area contributed by atoms with Crippen LogP contribution in [0.1, 0.15) is 68.6 Å². The van der Waals surface area contributed by atoms with Crippen LogP contribution in [0.2, 0.25) is 5.02 Å². The maximum absolute atomic E-state index is 14.3. The first-order valence-corrected chi connectivity index (χ1v) is 17.5. The van der Waals surface area contributed by atoms with Crippen molar-refractivity contribution < 1.29 is 27.8 Å². The zero-order valence-electron chi connectivity index (χ0n) is 28.3. The molecule has 4 heterocycles. The Bertz CT molecular complexity index is 2040. The van der Waals surface area contributed by atoms with Gasteiger partial charge in [-0.2, -0.15) is 27.8 Å². The standard InChI is InChI=1S/C34H39ClF3N9O4/c1-3-26-29(44-15-13-43(14-16-44)27-18-39-46(31(27)49)22-5-4-6-22)32(50)47-33(41-30(42-47)20-7-10-23(51-2)11-8-20)45(26)19-28(48)40-25-12-9-21(17-24(25)35)34(36,37)38/h7,9,12,17-18,22-23,49H,3-6,8,10-11,13-16,19H2,1-2H3,(H,40,48). The van der Waals surface area contributed by atoms with Crippen molar-refractivity contribution in [2.24, 2.45) is 0 Å². The smallest absolute Gasteiger partial charge is 0.416 e. The Labute approximate surface area is 296 Å². The molecule has 2 N–H and O–H groups in total. The normalized spacial score (nSPS) is 18.6. The molecule has 1 atom stereocenters. The van der Waals surface area contributed by atoms with Gasteiger partial charge in [0, 0.05) is 33.3 Å². The van der Waals surface area contributed by atoms with Gasteiger partial charge in [-0.15, -0.1) is 5.10 Å². The molecule has 0 spiro atoms. The number of hydrogen-bond donors (Lipinski definition) is 2. The Morgan fingerprint density at radius 2 is 1.88 bits per heavy atom. The predicted molar refractivity (Wildman–Crippen MR) is 186 cm³/mol. The van der Waals surface area contributed by atoms with Crippen LogP contribution in [0.25, 0.3) is 11.4 Å². The highest BCUT2D eigenvalue weighted by atomic mass is 35.5. The molecule has 1 saturated carbocycles. The third-order valence-electron chi connectivity index (χ3n) is 10.1. The molecule has 3 aliphatic rings. The SMILES string of the molecule is CCc1c(N2CCN(c3cnn(C4CCC4)c3O)CC2)c(=O)n2nc(C3=CCC(OC)CC3)nc2n1CC(=O)Nc1ccc(C(F)(F)F)cc1Cl. The van der Waals surface area contributed by atoms with E-state index in [4.69, 9.17) is 21.3 Å². The molecule has 0 bridgehead atoms. The third kappa shape index (κ3) is 6.66. The average Bonchev–Trinajstić information content (AvgIpc) is 3.70. The van der Waals surface area contributed by atoms with E-state index in [1.165, 1.54) is 4.52 Å². The van der Waals surface area contributed by atoms with E-state index in [0.717, 1.165) is 49.5 Å². The number of alkyl halides is 3. The molecular weight excluding hydrogens is 691 g/mol. The Hall–Kier alpha value is -4.57. The molecule has 17 heteroatoms. The highest BCUT2D eigenvalue weighted by Gasteiger charge is 2.33. The van der Waals surface area contributed by atoms with Crippen molar-refractivity contribution >= 4 is 45.9 Å². The second kappa shape index (κ2) is 13.9. The number of methoxy groups -OCH3 is 1. The summed E-state index contributed by atoms with van der Waals surface area (Å²) in [4.78, 5) is 36.6. The van der Waals surface area contributed by atoms with Crippen molar-refractivity contribution in [2.75, 3.05) is 48.4 Å². The number of anilines is 3. The first-order valence-electron chi connectivity index (χ1n) is 17.1. The van der Waals surface area contributed by atoms with Crippen LogP contribution in [0, 0.1) is 0 Å². The highest BCUT2D eigenvalue weighted by molar-refractivity contribution is 6.33. The largest absolute Gasteiger partial charge is 0.492 e. The van der Waals surface area contributed by atoms with Crippen LogP contribution in [0.15, 0.2) is 35.3 Å². The van der Waals surface area contributed by atoms with E-state index in [1.54, 1.807) is 22.6 Å². The molecule has 1 unspecified atom stereocenters. The minimum atomic E-state index is -4.59. The minimum absolute atomic E-state index is 0.0206. The first kappa shape index (κ1) is 34.9. The van der Waals surface area contributed by atoms with E-state index in [0.29, 0.717) is 68.3 Å². The fraction of sp³-hybridized carbons (Fsp3) is 0.500. The van der Waals surface area contributed by atoms with Crippen molar-refractivity contribution in [3.8, 4) is 5.88 Å². The number of aromatic nitrogens is 6. The number of carbonyl (C=O) groups is 1. The Morgan fingerprint density at radius 3 is 2.49 bits per heavy atom. The van der Waals surface area contributed by atoms with E-state index in [1.807, 2.05) is 22.8 Å². The van der Waals surface area contributed by atoms with Gasteiger partial charge >= 0.3 is 6.18 Å². The lowest BCUT2D eigenvalue weighted by Gasteiger charge is -2.37. The van der Waals surface area contributed by atoms with Gasteiger partial charge < -0.3 is 29.5 Å². The van der Waals surface area contributed by atoms with Crippen molar-refractivity contribution in [2.45, 2.75) is 76.7 Å². The summed E-state index contributed by atoms with van der Waals surface area (Å²) in [5.41, 5.74) is 1.18. The summed E-state index contributed by atoms with van der Waals surface area (Å²) in [6, 6.07) is 2.94. The summed E-state index contributed by atoms with van der Waals surface area (Å²) in [6.07, 6.45) is 4.73. The van der Waals surface area contributed by atoms with Crippen LogP contribution in [-0.2, 0) is 28.7 Å². The summed E-state index contributed by atoms with van der Waals surface area (Å²) in [7, 11) is 1.67. The average molecular weight is 730 g/mol. The molecule has 272 valence electrons. The van der Waals surface area contributed by atoms with Gasteiger partial charge in [-0.05, 0) is 68.7 Å². The number of amides is 1. The number of ether oxygens (including phenoxy) is 1. The van der Waals surface area contributed by atoms with Crippen LogP contribution in [0.3, 0.4) is 0 Å². The number of nitrogens with one attached hydrogen (secondary N) is 1. The van der Waals surface area contributed by atoms with Crippen LogP contribution in [-0.4, -0.2) is 79.4 Å². The number of aromatic hydroxyl groups is 1. The topological polar surface area (TPSA) is 135 Å². The fourth-order valence-corrected chi connectivity index (χ4v) is 7.29.